The molecular formula is C16H25NO6. The van der Waals surface area contributed by atoms with Gasteiger partial charge in [-0.3, -0.25) is 4.90 Å². The van der Waals surface area contributed by atoms with E-state index in [-0.39, 0.29) is 13.2 Å². The normalized spacial score (nSPS) is 12.1. The van der Waals surface area contributed by atoms with Crippen molar-refractivity contribution < 1.29 is 29.2 Å². The Morgan fingerprint density at radius 2 is 2.04 bits per heavy atom. The van der Waals surface area contributed by atoms with Gasteiger partial charge in [0.1, 0.15) is 12.7 Å². The third kappa shape index (κ3) is 6.05. The Labute approximate surface area is 136 Å². The number of hydrogen-bond donors (Lipinski definition) is 2. The molecule has 0 radical (unpaired) electrons. The maximum absolute atomic E-state index is 11.5. The number of hydrogen-bond acceptors (Lipinski definition) is 7. The van der Waals surface area contributed by atoms with Crippen LogP contribution in [-0.2, 0) is 4.74 Å². The second kappa shape index (κ2) is 10.0. The third-order valence-electron chi connectivity index (χ3n) is 3.35. The van der Waals surface area contributed by atoms with Crippen molar-refractivity contribution in [3.63, 3.8) is 0 Å². The Hall–Kier alpha value is -1.83. The minimum Gasteiger partial charge on any atom is -0.493 e. The number of aliphatic hydroxyl groups is 2. The van der Waals surface area contributed by atoms with Crippen molar-refractivity contribution in [2.45, 2.75) is 13.0 Å². The standard InChI is InChI=1S/C16H25NO6/c1-4-17(7-8-18)10-13(19)11-23-14-6-5-12(16(20)22-3)9-15(14)21-2/h5-6,9,13,18-19H,4,7-8,10-11H2,1-3H3/t13-/m1/s1. The van der Waals surface area contributed by atoms with E-state index in [1.807, 2.05) is 11.8 Å². The summed E-state index contributed by atoms with van der Waals surface area (Å²) in [7, 11) is 2.78. The summed E-state index contributed by atoms with van der Waals surface area (Å²) in [6.45, 7) is 3.72. The number of nitrogens with zero attached hydrogens (tertiary/aromatic N) is 1. The quantitative estimate of drug-likeness (QED) is 0.606. The molecule has 0 saturated carbocycles. The van der Waals surface area contributed by atoms with Crippen molar-refractivity contribution in [1.29, 1.82) is 0 Å². The van der Waals surface area contributed by atoms with Gasteiger partial charge in [0.25, 0.3) is 0 Å². The summed E-state index contributed by atoms with van der Waals surface area (Å²) in [5, 5.41) is 19.0. The van der Waals surface area contributed by atoms with Gasteiger partial charge in [0, 0.05) is 13.1 Å². The predicted octanol–water partition coefficient (Wildman–Crippen LogP) is 0.536. The van der Waals surface area contributed by atoms with E-state index in [1.54, 1.807) is 12.1 Å². The van der Waals surface area contributed by atoms with Crippen LogP contribution in [0.2, 0.25) is 0 Å². The molecule has 1 rings (SSSR count). The second-order valence-electron chi connectivity index (χ2n) is 4.94. The van der Waals surface area contributed by atoms with Crippen molar-refractivity contribution >= 4 is 5.97 Å². The van der Waals surface area contributed by atoms with Gasteiger partial charge in [-0.25, -0.2) is 4.79 Å². The summed E-state index contributed by atoms with van der Waals surface area (Å²) < 4.78 is 15.4. The van der Waals surface area contributed by atoms with E-state index >= 15 is 0 Å². The summed E-state index contributed by atoms with van der Waals surface area (Å²) in [6, 6.07) is 4.70. The van der Waals surface area contributed by atoms with Gasteiger partial charge in [-0.05, 0) is 24.7 Å². The number of esters is 1. The molecule has 0 unspecified atom stereocenters. The molecule has 130 valence electrons. The zero-order valence-electron chi connectivity index (χ0n) is 13.8. The number of carbonyl (C=O) groups excluding carboxylic acids is 1. The molecule has 1 atom stereocenters. The van der Waals surface area contributed by atoms with Crippen LogP contribution in [0.25, 0.3) is 0 Å². The maximum Gasteiger partial charge on any atom is 0.337 e. The average Bonchev–Trinajstić information content (AvgIpc) is 2.58. The highest BCUT2D eigenvalue weighted by Crippen LogP contribution is 2.28. The maximum atomic E-state index is 11.5. The monoisotopic (exact) mass is 327 g/mol. The molecule has 0 amide bonds. The van der Waals surface area contributed by atoms with Crippen LogP contribution < -0.4 is 9.47 Å². The van der Waals surface area contributed by atoms with E-state index in [0.29, 0.717) is 30.2 Å². The molecule has 0 aromatic heterocycles. The number of benzene rings is 1. The highest BCUT2D eigenvalue weighted by molar-refractivity contribution is 5.90. The zero-order chi connectivity index (χ0) is 17.2. The van der Waals surface area contributed by atoms with Crippen LogP contribution in [0.3, 0.4) is 0 Å². The first kappa shape index (κ1) is 19.2. The van der Waals surface area contributed by atoms with E-state index in [0.717, 1.165) is 6.54 Å². The Morgan fingerprint density at radius 1 is 1.30 bits per heavy atom. The van der Waals surface area contributed by atoms with Crippen molar-refractivity contribution in [3.8, 4) is 11.5 Å². The number of methoxy groups -OCH3 is 2. The topological polar surface area (TPSA) is 88.5 Å². The van der Waals surface area contributed by atoms with Crippen LogP contribution in [0, 0.1) is 0 Å². The summed E-state index contributed by atoms with van der Waals surface area (Å²) >= 11 is 0. The minimum absolute atomic E-state index is 0.0459. The molecule has 0 spiro atoms. The lowest BCUT2D eigenvalue weighted by atomic mass is 10.2. The first-order valence-corrected chi connectivity index (χ1v) is 7.46. The molecule has 7 nitrogen and oxygen atoms in total. The Bertz CT molecular complexity index is 493. The fourth-order valence-corrected chi connectivity index (χ4v) is 2.09. The predicted molar refractivity (Wildman–Crippen MR) is 85.0 cm³/mol. The van der Waals surface area contributed by atoms with E-state index in [2.05, 4.69) is 4.74 Å². The largest absolute Gasteiger partial charge is 0.493 e. The van der Waals surface area contributed by atoms with Gasteiger partial charge in [-0.2, -0.15) is 0 Å². The minimum atomic E-state index is -0.702. The molecule has 1 aromatic carbocycles. The van der Waals surface area contributed by atoms with Crippen LogP contribution in [0.15, 0.2) is 18.2 Å². The lowest BCUT2D eigenvalue weighted by molar-refractivity contribution is 0.0595. The summed E-state index contributed by atoms with van der Waals surface area (Å²) in [6.07, 6.45) is -0.702. The lowest BCUT2D eigenvalue weighted by Crippen LogP contribution is -2.37. The van der Waals surface area contributed by atoms with Crippen LogP contribution in [0.1, 0.15) is 17.3 Å². The van der Waals surface area contributed by atoms with E-state index in [9.17, 15) is 9.90 Å². The van der Waals surface area contributed by atoms with Crippen molar-refractivity contribution in [2.75, 3.05) is 47.1 Å². The molecular weight excluding hydrogens is 302 g/mol. The fourth-order valence-electron chi connectivity index (χ4n) is 2.09. The van der Waals surface area contributed by atoms with E-state index in [4.69, 9.17) is 14.6 Å². The van der Waals surface area contributed by atoms with Gasteiger partial charge in [0.2, 0.25) is 0 Å². The average molecular weight is 327 g/mol. The molecule has 0 heterocycles. The van der Waals surface area contributed by atoms with Gasteiger partial charge in [-0.1, -0.05) is 6.92 Å². The number of aliphatic hydroxyl groups excluding tert-OH is 2. The molecule has 0 saturated heterocycles. The van der Waals surface area contributed by atoms with Gasteiger partial charge >= 0.3 is 5.97 Å². The Morgan fingerprint density at radius 3 is 2.61 bits per heavy atom. The van der Waals surface area contributed by atoms with Crippen LogP contribution in [-0.4, -0.2) is 74.3 Å². The van der Waals surface area contributed by atoms with Gasteiger partial charge in [-0.15, -0.1) is 0 Å². The summed E-state index contributed by atoms with van der Waals surface area (Å²) in [5.74, 6) is 0.365. The third-order valence-corrected chi connectivity index (χ3v) is 3.35. The molecule has 0 aliphatic rings. The first-order chi connectivity index (χ1) is 11.0. The highest BCUT2D eigenvalue weighted by Gasteiger charge is 2.14. The number of rotatable bonds is 10. The summed E-state index contributed by atoms with van der Waals surface area (Å²) in [5.41, 5.74) is 0.359. The van der Waals surface area contributed by atoms with E-state index < -0.39 is 12.1 Å². The lowest BCUT2D eigenvalue weighted by Gasteiger charge is -2.23. The Kier molecular flexibility index (Phi) is 8.39. The Balaban J connectivity index is 2.64. The molecule has 23 heavy (non-hydrogen) atoms. The van der Waals surface area contributed by atoms with Crippen LogP contribution in [0.5, 0.6) is 11.5 Å². The van der Waals surface area contributed by atoms with Crippen molar-refractivity contribution in [1.82, 2.24) is 4.90 Å². The molecule has 0 bridgehead atoms. The van der Waals surface area contributed by atoms with E-state index in [1.165, 1.54) is 20.3 Å². The fraction of sp³-hybridized carbons (Fsp3) is 0.562. The molecule has 7 heteroatoms. The number of carbonyl (C=O) groups is 1. The second-order valence-corrected chi connectivity index (χ2v) is 4.94. The van der Waals surface area contributed by atoms with Crippen molar-refractivity contribution in [2.24, 2.45) is 0 Å². The van der Waals surface area contributed by atoms with Crippen LogP contribution in [0.4, 0.5) is 0 Å². The zero-order valence-corrected chi connectivity index (χ0v) is 13.8. The van der Waals surface area contributed by atoms with Gasteiger partial charge in [0.05, 0.1) is 26.4 Å². The van der Waals surface area contributed by atoms with Gasteiger partial charge in [0.15, 0.2) is 11.5 Å². The first-order valence-electron chi connectivity index (χ1n) is 7.46. The van der Waals surface area contributed by atoms with Gasteiger partial charge < -0.3 is 24.4 Å². The molecule has 2 N–H and O–H groups in total. The number of likely N-dealkylation sites (N-methyl/N-ethyl adjacent to an activating group) is 1. The highest BCUT2D eigenvalue weighted by atomic mass is 16.5. The van der Waals surface area contributed by atoms with Crippen LogP contribution >= 0.6 is 0 Å². The summed E-state index contributed by atoms with van der Waals surface area (Å²) in [4.78, 5) is 13.4. The SMILES string of the molecule is CCN(CCO)C[C@@H](O)COc1ccc(C(=O)OC)cc1OC. The molecule has 1 aromatic rings. The smallest absolute Gasteiger partial charge is 0.337 e. The van der Waals surface area contributed by atoms with Crippen molar-refractivity contribution in [3.05, 3.63) is 23.8 Å². The molecule has 0 fully saturated rings. The number of ether oxygens (including phenoxy) is 3. The molecule has 0 aliphatic heterocycles. The molecule has 0 aliphatic carbocycles.